The highest BCUT2D eigenvalue weighted by molar-refractivity contribution is 5.85. The van der Waals surface area contributed by atoms with Gasteiger partial charge in [-0.25, -0.2) is 0 Å². The molecule has 4 nitrogen and oxygen atoms in total. The van der Waals surface area contributed by atoms with E-state index in [4.69, 9.17) is 4.74 Å². The first-order valence-electron chi connectivity index (χ1n) is 7.99. The summed E-state index contributed by atoms with van der Waals surface area (Å²) in [7, 11) is 0. The number of hydrogen-bond donors (Lipinski definition) is 2. The second-order valence-corrected chi connectivity index (χ2v) is 5.59. The van der Waals surface area contributed by atoms with Crippen molar-refractivity contribution in [3.8, 4) is 5.75 Å². The van der Waals surface area contributed by atoms with Gasteiger partial charge in [-0.1, -0.05) is 25.5 Å². The lowest BCUT2D eigenvalue weighted by Crippen LogP contribution is -2.37. The fourth-order valence-electron chi connectivity index (χ4n) is 2.50. The minimum absolute atomic E-state index is 0. The summed E-state index contributed by atoms with van der Waals surface area (Å²) in [4.78, 5) is 12.1. The highest BCUT2D eigenvalue weighted by Crippen LogP contribution is 2.15. The van der Waals surface area contributed by atoms with Gasteiger partial charge >= 0.3 is 0 Å². The zero-order valence-electron chi connectivity index (χ0n) is 13.3. The number of benzene rings is 1. The topological polar surface area (TPSA) is 50.4 Å². The van der Waals surface area contributed by atoms with Crippen molar-refractivity contribution in [2.75, 3.05) is 19.7 Å². The van der Waals surface area contributed by atoms with E-state index in [9.17, 15) is 4.79 Å². The summed E-state index contributed by atoms with van der Waals surface area (Å²) in [6.45, 7) is 5.36. The number of halogens is 1. The summed E-state index contributed by atoms with van der Waals surface area (Å²) in [5.74, 6) is 1.22. The standard InChI is InChI=1S/C17H26N2O2.ClH/c1-2-3-11-21-16-6-4-5-14(12-16)13-19-17(20)15-7-9-18-10-8-15;/h4-6,12,15,18H,2-3,7-11,13H2,1H3,(H,19,20);1H. The van der Waals surface area contributed by atoms with Crippen LogP contribution in [0.1, 0.15) is 38.2 Å². The smallest absolute Gasteiger partial charge is 0.223 e. The van der Waals surface area contributed by atoms with Gasteiger partial charge in [0.2, 0.25) is 5.91 Å². The summed E-state index contributed by atoms with van der Waals surface area (Å²) in [5.41, 5.74) is 1.09. The van der Waals surface area contributed by atoms with Crippen molar-refractivity contribution in [3.05, 3.63) is 29.8 Å². The molecule has 1 amide bonds. The zero-order valence-corrected chi connectivity index (χ0v) is 14.1. The van der Waals surface area contributed by atoms with Crippen LogP contribution in [0.5, 0.6) is 5.75 Å². The van der Waals surface area contributed by atoms with Gasteiger partial charge in [0.1, 0.15) is 5.75 Å². The van der Waals surface area contributed by atoms with Crippen molar-refractivity contribution >= 4 is 18.3 Å². The van der Waals surface area contributed by atoms with Gasteiger partial charge in [0.15, 0.2) is 0 Å². The Bertz CT molecular complexity index is 448. The summed E-state index contributed by atoms with van der Waals surface area (Å²) >= 11 is 0. The number of ether oxygens (including phenoxy) is 1. The third-order valence-electron chi connectivity index (χ3n) is 3.84. The molecule has 0 radical (unpaired) electrons. The monoisotopic (exact) mass is 326 g/mol. The predicted molar refractivity (Wildman–Crippen MR) is 91.5 cm³/mol. The average molecular weight is 327 g/mol. The summed E-state index contributed by atoms with van der Waals surface area (Å²) in [6.07, 6.45) is 4.07. The first kappa shape index (κ1) is 18.8. The van der Waals surface area contributed by atoms with Gasteiger partial charge in [-0.05, 0) is 50.0 Å². The maximum absolute atomic E-state index is 12.1. The van der Waals surface area contributed by atoms with Crippen molar-refractivity contribution in [2.24, 2.45) is 5.92 Å². The molecule has 1 aliphatic rings. The molecule has 1 heterocycles. The number of unbranched alkanes of at least 4 members (excludes halogenated alkanes) is 1. The van der Waals surface area contributed by atoms with E-state index in [1.165, 1.54) is 0 Å². The van der Waals surface area contributed by atoms with Crippen molar-refractivity contribution in [3.63, 3.8) is 0 Å². The maximum Gasteiger partial charge on any atom is 0.223 e. The van der Waals surface area contributed by atoms with E-state index in [1.807, 2.05) is 24.3 Å². The number of hydrogen-bond acceptors (Lipinski definition) is 3. The van der Waals surface area contributed by atoms with Crippen LogP contribution in [0.25, 0.3) is 0 Å². The molecule has 1 aliphatic heterocycles. The first-order valence-corrected chi connectivity index (χ1v) is 7.99. The molecule has 1 aromatic carbocycles. The Morgan fingerprint density at radius 1 is 1.36 bits per heavy atom. The molecule has 0 atom stereocenters. The van der Waals surface area contributed by atoms with E-state index in [0.29, 0.717) is 6.54 Å². The molecular formula is C17H27ClN2O2. The number of carbonyl (C=O) groups excluding carboxylic acids is 1. The summed E-state index contributed by atoms with van der Waals surface area (Å²) in [6, 6.07) is 7.98. The van der Waals surface area contributed by atoms with E-state index in [-0.39, 0.29) is 24.2 Å². The van der Waals surface area contributed by atoms with Gasteiger partial charge in [-0.3, -0.25) is 4.79 Å². The molecule has 2 rings (SSSR count). The van der Waals surface area contributed by atoms with Crippen LogP contribution < -0.4 is 15.4 Å². The lowest BCUT2D eigenvalue weighted by molar-refractivity contribution is -0.125. The Labute approximate surface area is 139 Å². The van der Waals surface area contributed by atoms with E-state index in [2.05, 4.69) is 17.6 Å². The molecule has 1 fully saturated rings. The molecule has 124 valence electrons. The van der Waals surface area contributed by atoms with E-state index in [0.717, 1.165) is 56.7 Å². The Morgan fingerprint density at radius 3 is 2.86 bits per heavy atom. The molecule has 0 unspecified atom stereocenters. The zero-order chi connectivity index (χ0) is 14.9. The number of rotatable bonds is 7. The molecule has 1 aromatic rings. The van der Waals surface area contributed by atoms with Gasteiger partial charge in [0.25, 0.3) is 0 Å². The van der Waals surface area contributed by atoms with Crippen LogP contribution in [0.15, 0.2) is 24.3 Å². The van der Waals surface area contributed by atoms with Crippen LogP contribution >= 0.6 is 12.4 Å². The first-order chi connectivity index (χ1) is 10.3. The molecule has 22 heavy (non-hydrogen) atoms. The normalized spacial score (nSPS) is 15.0. The number of carbonyl (C=O) groups is 1. The SMILES string of the molecule is CCCCOc1cccc(CNC(=O)C2CCNCC2)c1.Cl. The number of nitrogens with one attached hydrogen (secondary N) is 2. The molecule has 5 heteroatoms. The molecular weight excluding hydrogens is 300 g/mol. The fraction of sp³-hybridized carbons (Fsp3) is 0.588. The van der Waals surface area contributed by atoms with Gasteiger partial charge in [0, 0.05) is 12.5 Å². The van der Waals surface area contributed by atoms with Gasteiger partial charge < -0.3 is 15.4 Å². The minimum Gasteiger partial charge on any atom is -0.494 e. The van der Waals surface area contributed by atoms with Crippen LogP contribution in [0, 0.1) is 5.92 Å². The minimum atomic E-state index is 0. The third-order valence-corrected chi connectivity index (χ3v) is 3.84. The van der Waals surface area contributed by atoms with Gasteiger partial charge in [0.05, 0.1) is 6.61 Å². The molecule has 0 aromatic heterocycles. The van der Waals surface area contributed by atoms with Gasteiger partial charge in [-0.2, -0.15) is 0 Å². The fourth-order valence-corrected chi connectivity index (χ4v) is 2.50. The largest absolute Gasteiger partial charge is 0.494 e. The maximum atomic E-state index is 12.1. The van der Waals surface area contributed by atoms with Gasteiger partial charge in [-0.15, -0.1) is 12.4 Å². The van der Waals surface area contributed by atoms with E-state index < -0.39 is 0 Å². The summed E-state index contributed by atoms with van der Waals surface area (Å²) < 4.78 is 5.69. The second kappa shape index (κ2) is 10.5. The quantitative estimate of drug-likeness (QED) is 0.757. The number of piperidine rings is 1. The Kier molecular flexibility index (Phi) is 8.94. The van der Waals surface area contributed by atoms with Crippen LogP contribution in [0.4, 0.5) is 0 Å². The van der Waals surface area contributed by atoms with Crippen molar-refractivity contribution in [1.29, 1.82) is 0 Å². The highest BCUT2D eigenvalue weighted by Gasteiger charge is 2.20. The summed E-state index contributed by atoms with van der Waals surface area (Å²) in [5, 5.41) is 6.32. The predicted octanol–water partition coefficient (Wildman–Crippen LogP) is 2.90. The van der Waals surface area contributed by atoms with Crippen LogP contribution in [-0.4, -0.2) is 25.6 Å². The van der Waals surface area contributed by atoms with Crippen LogP contribution in [0.3, 0.4) is 0 Å². The Morgan fingerprint density at radius 2 is 2.14 bits per heavy atom. The lowest BCUT2D eigenvalue weighted by atomic mass is 9.97. The lowest BCUT2D eigenvalue weighted by Gasteiger charge is -2.21. The molecule has 0 spiro atoms. The highest BCUT2D eigenvalue weighted by atomic mass is 35.5. The molecule has 2 N–H and O–H groups in total. The second-order valence-electron chi connectivity index (χ2n) is 5.59. The van der Waals surface area contributed by atoms with Crippen LogP contribution in [0.2, 0.25) is 0 Å². The Balaban J connectivity index is 0.00000242. The van der Waals surface area contributed by atoms with Crippen molar-refractivity contribution in [2.45, 2.75) is 39.2 Å². The van der Waals surface area contributed by atoms with E-state index >= 15 is 0 Å². The Hall–Kier alpha value is -1.26. The van der Waals surface area contributed by atoms with Crippen molar-refractivity contribution in [1.82, 2.24) is 10.6 Å². The molecule has 0 saturated carbocycles. The molecule has 0 bridgehead atoms. The average Bonchev–Trinajstić information content (AvgIpc) is 2.54. The molecule has 1 saturated heterocycles. The van der Waals surface area contributed by atoms with Crippen molar-refractivity contribution < 1.29 is 9.53 Å². The van der Waals surface area contributed by atoms with E-state index in [1.54, 1.807) is 0 Å². The van der Waals surface area contributed by atoms with Crippen LogP contribution in [-0.2, 0) is 11.3 Å². The number of amides is 1. The third kappa shape index (κ3) is 6.24. The molecule has 0 aliphatic carbocycles.